The molecule has 0 bridgehead atoms. The van der Waals surface area contributed by atoms with E-state index in [1.54, 1.807) is 27.7 Å². The summed E-state index contributed by atoms with van der Waals surface area (Å²) in [5.41, 5.74) is 0.505. The Morgan fingerprint density at radius 2 is 1.71 bits per heavy atom. The van der Waals surface area contributed by atoms with Crippen LogP contribution in [-0.4, -0.2) is 73.7 Å². The number of amides is 1. The zero-order chi connectivity index (χ0) is 33.1. The van der Waals surface area contributed by atoms with E-state index in [0.29, 0.717) is 0 Å². The van der Waals surface area contributed by atoms with Crippen LogP contribution in [-0.2, 0) is 44.5 Å². The van der Waals surface area contributed by atoms with Gasteiger partial charge in [-0.3, -0.25) is 24.0 Å². The molecule has 1 saturated heterocycles. The van der Waals surface area contributed by atoms with Gasteiger partial charge in [-0.25, -0.2) is 9.98 Å². The van der Waals surface area contributed by atoms with E-state index in [0.717, 1.165) is 11.8 Å². The van der Waals surface area contributed by atoms with E-state index < -0.39 is 79.1 Å². The molecule has 0 aliphatic carbocycles. The number of hydrogen-bond acceptors (Lipinski definition) is 12. The molecule has 1 aromatic heterocycles. The van der Waals surface area contributed by atoms with Gasteiger partial charge in [-0.05, 0) is 18.9 Å². The van der Waals surface area contributed by atoms with E-state index in [-0.39, 0.29) is 23.6 Å². The summed E-state index contributed by atoms with van der Waals surface area (Å²) in [6, 6.07) is 10.5. The minimum atomic E-state index is -1.28. The summed E-state index contributed by atoms with van der Waals surface area (Å²) in [5.74, 6) is -6.74. The lowest BCUT2D eigenvalue weighted by Gasteiger charge is -2.29. The molecule has 1 aliphatic heterocycles. The highest BCUT2D eigenvalue weighted by Gasteiger charge is 2.41. The zero-order valence-electron chi connectivity index (χ0n) is 26.1. The van der Waals surface area contributed by atoms with Crippen LogP contribution in [0.3, 0.4) is 0 Å². The van der Waals surface area contributed by atoms with Gasteiger partial charge < -0.3 is 28.4 Å². The molecule has 0 N–H and O–H groups in total. The van der Waals surface area contributed by atoms with Crippen molar-refractivity contribution in [3.8, 4) is 11.5 Å². The van der Waals surface area contributed by atoms with Crippen molar-refractivity contribution in [1.82, 2.24) is 4.98 Å². The van der Waals surface area contributed by atoms with Crippen molar-refractivity contribution >= 4 is 36.0 Å². The molecule has 2 aromatic rings. The Labute approximate surface area is 261 Å². The fraction of sp³-hybridized carbons (Fsp3) is 0.469. The van der Waals surface area contributed by atoms with Crippen molar-refractivity contribution in [2.45, 2.75) is 53.2 Å². The predicted molar refractivity (Wildman–Crippen MR) is 158 cm³/mol. The van der Waals surface area contributed by atoms with Crippen LogP contribution in [0.25, 0.3) is 0 Å². The van der Waals surface area contributed by atoms with Crippen LogP contribution in [0.5, 0.6) is 11.5 Å². The highest BCUT2D eigenvalue weighted by atomic mass is 16.7. The van der Waals surface area contributed by atoms with Crippen LogP contribution >= 0.6 is 0 Å². The van der Waals surface area contributed by atoms with Gasteiger partial charge in [0.25, 0.3) is 5.91 Å². The van der Waals surface area contributed by atoms with Gasteiger partial charge in [0.15, 0.2) is 23.3 Å². The van der Waals surface area contributed by atoms with Crippen LogP contribution in [0.4, 0.5) is 0 Å². The van der Waals surface area contributed by atoms with Crippen LogP contribution < -0.4 is 9.47 Å². The molecule has 4 atom stereocenters. The lowest BCUT2D eigenvalue weighted by atomic mass is 9.91. The number of aromatic nitrogens is 1. The smallest absolute Gasteiger partial charge is 0.318 e. The summed E-state index contributed by atoms with van der Waals surface area (Å²) in [6.07, 6.45) is 0.254. The first-order valence-corrected chi connectivity index (χ1v) is 14.4. The molecule has 1 aromatic carbocycles. The summed E-state index contributed by atoms with van der Waals surface area (Å²) in [7, 11) is 1.35. The van der Waals surface area contributed by atoms with Crippen LogP contribution in [0.1, 0.15) is 50.7 Å². The molecule has 0 saturated carbocycles. The second-order valence-electron chi connectivity index (χ2n) is 10.9. The van der Waals surface area contributed by atoms with E-state index >= 15 is 0 Å². The Kier molecular flexibility index (Phi) is 12.6. The molecular weight excluding hydrogens is 588 g/mol. The molecule has 3 rings (SSSR count). The van der Waals surface area contributed by atoms with Crippen LogP contribution in [0, 0.1) is 23.7 Å². The number of carbonyl (C=O) groups is 5. The number of hydrogen-bond donors (Lipinski definition) is 0. The Hall–Kier alpha value is -4.81. The highest BCUT2D eigenvalue weighted by Crippen LogP contribution is 2.30. The molecule has 2 unspecified atom stereocenters. The third-order valence-corrected chi connectivity index (χ3v) is 6.73. The first-order valence-electron chi connectivity index (χ1n) is 14.4. The average molecular weight is 627 g/mol. The number of pyridine rings is 1. The lowest BCUT2D eigenvalue weighted by Crippen LogP contribution is -2.43. The van der Waals surface area contributed by atoms with Crippen LogP contribution in [0.2, 0.25) is 0 Å². The SMILES string of the molecule is COc1ccnc(C(=O)N=CC2COC(=O)[C@H](Cc3ccccc3)C(OC(=O)C(C)C)[C@H](C)OC2=O)c1OCOC(=O)C(C)C. The number of ether oxygens (including phenoxy) is 6. The summed E-state index contributed by atoms with van der Waals surface area (Å²) in [4.78, 5) is 71.9. The molecule has 242 valence electrons. The standard InChI is InChI=1S/C32H38N2O11/c1-18(2)29(36)43-17-42-27-24(40-6)12-13-33-25(27)28(35)34-15-22-16-41-32(39)23(14-21-10-8-7-9-11-21)26(20(5)44-31(22)38)45-30(37)19(3)4/h7-13,15,18-20,22-23,26H,14,16-17H2,1-6H3/t20-,22?,23+,26?/m0/s1. The summed E-state index contributed by atoms with van der Waals surface area (Å²) < 4.78 is 32.6. The van der Waals surface area contributed by atoms with Gasteiger partial charge in [0, 0.05) is 18.5 Å². The maximum absolute atomic E-state index is 13.4. The molecule has 2 heterocycles. The van der Waals surface area contributed by atoms with Gasteiger partial charge in [0.2, 0.25) is 6.79 Å². The molecular formula is C32H38N2O11. The maximum Gasteiger partial charge on any atom is 0.318 e. The normalized spacial score (nSPS) is 20.4. The lowest BCUT2D eigenvalue weighted by molar-refractivity contribution is -0.176. The number of aliphatic imine (C=N–C) groups is 1. The first kappa shape index (κ1) is 34.7. The molecule has 1 amide bonds. The van der Waals surface area contributed by atoms with Gasteiger partial charge in [-0.2, -0.15) is 0 Å². The van der Waals surface area contributed by atoms with Crippen LogP contribution in [0.15, 0.2) is 47.6 Å². The molecule has 0 spiro atoms. The van der Waals surface area contributed by atoms with Crippen molar-refractivity contribution in [3.63, 3.8) is 0 Å². The number of carbonyl (C=O) groups excluding carboxylic acids is 5. The number of cyclic esters (lactones) is 2. The minimum Gasteiger partial charge on any atom is -0.493 e. The fourth-order valence-corrected chi connectivity index (χ4v) is 4.18. The molecule has 13 heteroatoms. The Morgan fingerprint density at radius 1 is 1.02 bits per heavy atom. The maximum atomic E-state index is 13.4. The second kappa shape index (κ2) is 16.3. The third-order valence-electron chi connectivity index (χ3n) is 6.73. The van der Waals surface area contributed by atoms with Gasteiger partial charge in [-0.1, -0.05) is 58.0 Å². The average Bonchev–Trinajstić information content (AvgIpc) is 3.05. The van der Waals surface area contributed by atoms with E-state index in [9.17, 15) is 24.0 Å². The van der Waals surface area contributed by atoms with Crippen molar-refractivity contribution in [2.24, 2.45) is 28.7 Å². The Bertz CT molecular complexity index is 1390. The quantitative estimate of drug-likeness (QED) is 0.155. The van der Waals surface area contributed by atoms with Gasteiger partial charge in [0.05, 0.1) is 18.9 Å². The predicted octanol–water partition coefficient (Wildman–Crippen LogP) is 3.37. The van der Waals surface area contributed by atoms with Gasteiger partial charge in [0.1, 0.15) is 24.5 Å². The van der Waals surface area contributed by atoms with E-state index in [2.05, 4.69) is 9.98 Å². The van der Waals surface area contributed by atoms with E-state index in [1.807, 2.05) is 30.3 Å². The van der Waals surface area contributed by atoms with Crippen molar-refractivity contribution < 1.29 is 52.4 Å². The first-order chi connectivity index (χ1) is 21.4. The topological polar surface area (TPSA) is 166 Å². The number of rotatable bonds is 11. The third kappa shape index (κ3) is 9.59. The summed E-state index contributed by atoms with van der Waals surface area (Å²) in [6.45, 7) is 7.11. The molecule has 45 heavy (non-hydrogen) atoms. The molecule has 13 nitrogen and oxygen atoms in total. The minimum absolute atomic E-state index is 0.125. The fourth-order valence-electron chi connectivity index (χ4n) is 4.18. The molecule has 1 aliphatic rings. The van der Waals surface area contributed by atoms with E-state index in [1.165, 1.54) is 26.3 Å². The number of nitrogens with zero attached hydrogens (tertiary/aromatic N) is 2. The molecule has 0 radical (unpaired) electrons. The van der Waals surface area contributed by atoms with Gasteiger partial charge >= 0.3 is 23.9 Å². The van der Waals surface area contributed by atoms with Gasteiger partial charge in [-0.15, -0.1) is 0 Å². The molecule has 1 fully saturated rings. The Morgan fingerprint density at radius 3 is 2.36 bits per heavy atom. The largest absolute Gasteiger partial charge is 0.493 e. The number of methoxy groups -OCH3 is 1. The Balaban J connectivity index is 1.84. The second-order valence-corrected chi connectivity index (χ2v) is 10.9. The summed E-state index contributed by atoms with van der Waals surface area (Å²) in [5, 5.41) is 0. The van der Waals surface area contributed by atoms with E-state index in [4.69, 9.17) is 28.4 Å². The van der Waals surface area contributed by atoms with Crippen molar-refractivity contribution in [1.29, 1.82) is 0 Å². The van der Waals surface area contributed by atoms with Crippen molar-refractivity contribution in [2.75, 3.05) is 20.5 Å². The number of benzene rings is 1. The monoisotopic (exact) mass is 626 g/mol. The van der Waals surface area contributed by atoms with Crippen molar-refractivity contribution in [3.05, 3.63) is 53.9 Å². The zero-order valence-corrected chi connectivity index (χ0v) is 26.1. The number of esters is 4. The summed E-state index contributed by atoms with van der Waals surface area (Å²) >= 11 is 0. The highest BCUT2D eigenvalue weighted by molar-refractivity contribution is 6.03.